The Morgan fingerprint density at radius 3 is 2.67 bits per heavy atom. The van der Waals surface area contributed by atoms with Crippen molar-refractivity contribution in [1.82, 2.24) is 4.90 Å². The summed E-state index contributed by atoms with van der Waals surface area (Å²) in [6, 6.07) is 6.54. The first-order valence-electron chi connectivity index (χ1n) is 8.36. The van der Waals surface area contributed by atoms with Gasteiger partial charge in [0.25, 0.3) is 0 Å². The van der Waals surface area contributed by atoms with Crippen molar-refractivity contribution < 1.29 is 17.6 Å². The van der Waals surface area contributed by atoms with Crippen LogP contribution in [0.4, 0.5) is 4.39 Å². The zero-order valence-corrected chi connectivity index (χ0v) is 14.6. The Bertz CT molecular complexity index is 646. The minimum Gasteiger partial charge on any atom is -0.342 e. The fraction of sp³-hybridized carbons (Fsp3) is 0.588. The highest BCUT2D eigenvalue weighted by atomic mass is 32.2. The van der Waals surface area contributed by atoms with E-state index in [0.717, 1.165) is 44.3 Å². The van der Waals surface area contributed by atoms with Crippen molar-refractivity contribution in [2.75, 3.05) is 18.8 Å². The number of nitrogens with two attached hydrogens (primary N) is 1. The van der Waals surface area contributed by atoms with Crippen LogP contribution in [0.1, 0.15) is 37.7 Å². The first-order chi connectivity index (χ1) is 11.3. The molecule has 24 heavy (non-hydrogen) atoms. The van der Waals surface area contributed by atoms with E-state index in [-0.39, 0.29) is 30.3 Å². The number of carbonyl (C=O) groups is 1. The third kappa shape index (κ3) is 6.57. The average Bonchev–Trinajstić information content (AvgIpc) is 2.53. The number of piperidine rings is 1. The maximum absolute atomic E-state index is 12.9. The topological polar surface area (TPSA) is 80.5 Å². The summed E-state index contributed by atoms with van der Waals surface area (Å²) in [5.41, 5.74) is 1.10. The quantitative estimate of drug-likeness (QED) is 0.812. The molecular formula is C17H25FN2O3S. The van der Waals surface area contributed by atoms with Gasteiger partial charge < -0.3 is 4.90 Å². The van der Waals surface area contributed by atoms with E-state index in [4.69, 9.17) is 5.14 Å². The molecule has 1 fully saturated rings. The number of likely N-dealkylation sites (tertiary alicyclic amines) is 1. The largest absolute Gasteiger partial charge is 0.342 e. The SMILES string of the molecule is NS(=O)(=O)CCCC(=O)N1CCC[C@H](CCc2ccc(F)cc2)C1. The number of sulfonamides is 1. The number of aryl methyl sites for hydroxylation is 1. The lowest BCUT2D eigenvalue weighted by Crippen LogP contribution is -2.40. The number of hydrogen-bond acceptors (Lipinski definition) is 3. The number of halogens is 1. The molecule has 0 bridgehead atoms. The van der Waals surface area contributed by atoms with Crippen molar-refractivity contribution in [2.45, 2.75) is 38.5 Å². The Morgan fingerprint density at radius 2 is 2.00 bits per heavy atom. The molecule has 134 valence electrons. The predicted octanol–water partition coefficient (Wildman–Crippen LogP) is 2.07. The lowest BCUT2D eigenvalue weighted by molar-refractivity contribution is -0.133. The van der Waals surface area contributed by atoms with Crippen LogP contribution in [-0.4, -0.2) is 38.1 Å². The van der Waals surface area contributed by atoms with E-state index >= 15 is 0 Å². The molecule has 0 radical (unpaired) electrons. The van der Waals surface area contributed by atoms with Crippen molar-refractivity contribution in [3.63, 3.8) is 0 Å². The molecule has 0 spiro atoms. The van der Waals surface area contributed by atoms with Crippen LogP contribution in [0.3, 0.4) is 0 Å². The third-order valence-electron chi connectivity index (χ3n) is 4.45. The van der Waals surface area contributed by atoms with Gasteiger partial charge in [0.2, 0.25) is 15.9 Å². The van der Waals surface area contributed by atoms with Crippen molar-refractivity contribution in [3.8, 4) is 0 Å². The molecular weight excluding hydrogens is 331 g/mol. The Balaban J connectivity index is 1.76. The van der Waals surface area contributed by atoms with E-state index in [1.807, 2.05) is 4.90 Å². The summed E-state index contributed by atoms with van der Waals surface area (Å²) in [6.45, 7) is 1.46. The highest BCUT2D eigenvalue weighted by Crippen LogP contribution is 2.22. The van der Waals surface area contributed by atoms with Crippen molar-refractivity contribution in [3.05, 3.63) is 35.6 Å². The zero-order chi connectivity index (χ0) is 17.6. The van der Waals surface area contributed by atoms with E-state index in [2.05, 4.69) is 0 Å². The monoisotopic (exact) mass is 356 g/mol. The van der Waals surface area contributed by atoms with Crippen LogP contribution in [0.5, 0.6) is 0 Å². The summed E-state index contributed by atoms with van der Waals surface area (Å²) in [4.78, 5) is 14.0. The Kier molecular flexibility index (Phi) is 6.74. The third-order valence-corrected chi connectivity index (χ3v) is 5.30. The first-order valence-corrected chi connectivity index (χ1v) is 10.1. The summed E-state index contributed by atoms with van der Waals surface area (Å²) < 4.78 is 34.7. The fourth-order valence-electron chi connectivity index (χ4n) is 3.13. The number of hydrogen-bond donors (Lipinski definition) is 1. The smallest absolute Gasteiger partial charge is 0.222 e. The summed E-state index contributed by atoms with van der Waals surface area (Å²) in [5, 5.41) is 4.95. The van der Waals surface area contributed by atoms with Gasteiger partial charge >= 0.3 is 0 Å². The van der Waals surface area contributed by atoms with E-state index in [1.165, 1.54) is 12.1 Å². The summed E-state index contributed by atoms with van der Waals surface area (Å²) in [6.07, 6.45) is 4.39. The second-order valence-electron chi connectivity index (χ2n) is 6.48. The molecule has 2 rings (SSSR count). The van der Waals surface area contributed by atoms with Gasteiger partial charge in [-0.05, 0) is 55.7 Å². The maximum atomic E-state index is 12.9. The van der Waals surface area contributed by atoms with Crippen LogP contribution < -0.4 is 5.14 Å². The Labute approximate surface area is 143 Å². The Hall–Kier alpha value is -1.47. The van der Waals surface area contributed by atoms with Gasteiger partial charge in [0.1, 0.15) is 5.82 Å². The number of benzene rings is 1. The molecule has 0 saturated carbocycles. The minimum absolute atomic E-state index is 0.00475. The first kappa shape index (κ1) is 18.9. The fourth-order valence-corrected chi connectivity index (χ4v) is 3.68. The second kappa shape index (κ2) is 8.58. The summed E-state index contributed by atoms with van der Waals surface area (Å²) >= 11 is 0. The molecule has 1 heterocycles. The van der Waals surface area contributed by atoms with Crippen LogP contribution >= 0.6 is 0 Å². The van der Waals surface area contributed by atoms with Gasteiger partial charge in [-0.3, -0.25) is 4.79 Å². The average molecular weight is 356 g/mol. The van der Waals surface area contributed by atoms with E-state index < -0.39 is 10.0 Å². The van der Waals surface area contributed by atoms with Gasteiger partial charge in [0.05, 0.1) is 5.75 Å². The lowest BCUT2D eigenvalue weighted by Gasteiger charge is -2.33. The van der Waals surface area contributed by atoms with Gasteiger partial charge in [0, 0.05) is 19.5 Å². The number of rotatable bonds is 7. The number of amides is 1. The van der Waals surface area contributed by atoms with Crippen LogP contribution in [-0.2, 0) is 21.2 Å². The molecule has 0 aromatic heterocycles. The molecule has 1 aliphatic rings. The Morgan fingerprint density at radius 1 is 1.29 bits per heavy atom. The second-order valence-corrected chi connectivity index (χ2v) is 8.22. The zero-order valence-electron chi connectivity index (χ0n) is 13.8. The number of nitrogens with zero attached hydrogens (tertiary/aromatic N) is 1. The van der Waals surface area contributed by atoms with Crippen LogP contribution in [0, 0.1) is 11.7 Å². The van der Waals surface area contributed by atoms with Gasteiger partial charge in [-0.2, -0.15) is 0 Å². The predicted molar refractivity (Wildman–Crippen MR) is 91.2 cm³/mol. The molecule has 1 amide bonds. The van der Waals surface area contributed by atoms with Gasteiger partial charge in [-0.15, -0.1) is 0 Å². The van der Waals surface area contributed by atoms with Gasteiger partial charge in [-0.1, -0.05) is 12.1 Å². The van der Waals surface area contributed by atoms with Gasteiger partial charge in [-0.25, -0.2) is 17.9 Å². The molecule has 0 aliphatic carbocycles. The van der Waals surface area contributed by atoms with Crippen LogP contribution in [0.15, 0.2) is 24.3 Å². The van der Waals surface area contributed by atoms with E-state index in [9.17, 15) is 17.6 Å². The number of carbonyl (C=O) groups excluding carboxylic acids is 1. The molecule has 2 N–H and O–H groups in total. The molecule has 1 saturated heterocycles. The number of primary sulfonamides is 1. The van der Waals surface area contributed by atoms with Crippen molar-refractivity contribution in [2.24, 2.45) is 11.1 Å². The molecule has 5 nitrogen and oxygen atoms in total. The van der Waals surface area contributed by atoms with E-state index in [1.54, 1.807) is 12.1 Å². The van der Waals surface area contributed by atoms with E-state index in [0.29, 0.717) is 5.92 Å². The standard InChI is InChI=1S/C17H25FN2O3S/c18-16-9-7-14(8-10-16)5-6-15-3-1-11-20(13-15)17(21)4-2-12-24(19,22)23/h7-10,15H,1-6,11-13H2,(H2,19,22,23)/t15-/m1/s1. The van der Waals surface area contributed by atoms with Gasteiger partial charge in [0.15, 0.2) is 0 Å². The normalized spacial score (nSPS) is 18.6. The van der Waals surface area contributed by atoms with Crippen molar-refractivity contribution >= 4 is 15.9 Å². The van der Waals surface area contributed by atoms with Crippen LogP contribution in [0.2, 0.25) is 0 Å². The highest BCUT2D eigenvalue weighted by molar-refractivity contribution is 7.89. The molecule has 0 unspecified atom stereocenters. The van der Waals surface area contributed by atoms with Crippen molar-refractivity contribution in [1.29, 1.82) is 0 Å². The molecule has 1 atom stereocenters. The maximum Gasteiger partial charge on any atom is 0.222 e. The summed E-state index contributed by atoms with van der Waals surface area (Å²) in [7, 11) is -3.50. The molecule has 1 aromatic carbocycles. The molecule has 1 aliphatic heterocycles. The lowest BCUT2D eigenvalue weighted by atomic mass is 9.91. The molecule has 1 aromatic rings. The molecule has 7 heteroatoms. The highest BCUT2D eigenvalue weighted by Gasteiger charge is 2.23. The van der Waals surface area contributed by atoms with Crippen LogP contribution in [0.25, 0.3) is 0 Å². The summed E-state index contributed by atoms with van der Waals surface area (Å²) in [5.74, 6) is 0.0597. The minimum atomic E-state index is -3.50.